The number of rotatable bonds is 4. The van der Waals surface area contributed by atoms with Gasteiger partial charge in [0.25, 0.3) is 0 Å². The molecule has 3 nitrogen and oxygen atoms in total. The van der Waals surface area contributed by atoms with Crippen molar-refractivity contribution in [1.82, 2.24) is 9.97 Å². The van der Waals surface area contributed by atoms with Gasteiger partial charge in [0, 0.05) is 29.1 Å². The number of unbranched alkanes of at least 4 members (excludes halogenated alkanes) is 1. The number of benzene rings is 1. The van der Waals surface area contributed by atoms with Crippen molar-refractivity contribution >= 4 is 32.7 Å². The fourth-order valence-electron chi connectivity index (χ4n) is 1.54. The van der Waals surface area contributed by atoms with E-state index in [-0.39, 0.29) is 0 Å². The number of hydrogen-bond donors (Lipinski definition) is 1. The Morgan fingerprint density at radius 2 is 2.06 bits per heavy atom. The first-order chi connectivity index (χ1) is 7.81. The van der Waals surface area contributed by atoms with Gasteiger partial charge < -0.3 is 5.32 Å². The maximum atomic E-state index is 4.30. The predicted octanol–water partition coefficient (Wildman–Crippen LogP) is 3.60. The Labute approximate surface area is 103 Å². The SMILES string of the molecule is CCCCNc1cc(Br)c2nccnc2c1. The Hall–Kier alpha value is -1.16. The average Bonchev–Trinajstić information content (AvgIpc) is 2.30. The van der Waals surface area contributed by atoms with Crippen LogP contribution in [-0.4, -0.2) is 16.5 Å². The first-order valence-corrected chi connectivity index (χ1v) is 6.24. The average molecular weight is 280 g/mol. The first kappa shape index (κ1) is 11.3. The van der Waals surface area contributed by atoms with Gasteiger partial charge in [0.05, 0.1) is 5.52 Å². The molecule has 0 unspecified atom stereocenters. The molecule has 0 atom stereocenters. The molecule has 2 aromatic rings. The minimum atomic E-state index is 0.906. The normalized spacial score (nSPS) is 10.6. The molecule has 1 N–H and O–H groups in total. The van der Waals surface area contributed by atoms with Crippen LogP contribution in [0.4, 0.5) is 5.69 Å². The lowest BCUT2D eigenvalue weighted by atomic mass is 10.2. The summed E-state index contributed by atoms with van der Waals surface area (Å²) in [5.41, 5.74) is 2.91. The smallest absolute Gasteiger partial charge is 0.103 e. The van der Waals surface area contributed by atoms with Crippen LogP contribution in [0.3, 0.4) is 0 Å². The molecule has 0 amide bonds. The van der Waals surface area contributed by atoms with E-state index in [0.29, 0.717) is 0 Å². The highest BCUT2D eigenvalue weighted by atomic mass is 79.9. The summed E-state index contributed by atoms with van der Waals surface area (Å²) in [5.74, 6) is 0. The second-order valence-corrected chi connectivity index (χ2v) is 4.52. The van der Waals surface area contributed by atoms with Gasteiger partial charge in [-0.25, -0.2) is 0 Å². The van der Waals surface area contributed by atoms with Crippen LogP contribution in [0.5, 0.6) is 0 Å². The van der Waals surface area contributed by atoms with Crippen molar-refractivity contribution in [2.24, 2.45) is 0 Å². The third kappa shape index (κ3) is 2.50. The third-order valence-electron chi connectivity index (χ3n) is 2.39. The van der Waals surface area contributed by atoms with Gasteiger partial charge in [-0.2, -0.15) is 0 Å². The summed E-state index contributed by atoms with van der Waals surface area (Å²) in [6.07, 6.45) is 5.79. The van der Waals surface area contributed by atoms with Gasteiger partial charge in [0.15, 0.2) is 0 Å². The van der Waals surface area contributed by atoms with Gasteiger partial charge in [-0.15, -0.1) is 0 Å². The number of nitrogens with zero attached hydrogens (tertiary/aromatic N) is 2. The fourth-order valence-corrected chi connectivity index (χ4v) is 2.10. The maximum Gasteiger partial charge on any atom is 0.103 e. The molecule has 0 radical (unpaired) electrons. The van der Waals surface area contributed by atoms with Crippen LogP contribution >= 0.6 is 15.9 Å². The molecule has 0 fully saturated rings. The Morgan fingerprint density at radius 1 is 1.25 bits per heavy atom. The van der Waals surface area contributed by atoms with Crippen molar-refractivity contribution in [1.29, 1.82) is 0 Å². The number of nitrogens with one attached hydrogen (secondary N) is 1. The standard InChI is InChI=1S/C12H14BrN3/c1-2-3-4-14-9-7-10(13)12-11(8-9)15-5-6-16-12/h5-8,14H,2-4H2,1H3. The summed E-state index contributed by atoms with van der Waals surface area (Å²) >= 11 is 3.51. The van der Waals surface area contributed by atoms with Gasteiger partial charge in [0.1, 0.15) is 5.52 Å². The highest BCUT2D eigenvalue weighted by molar-refractivity contribution is 9.10. The van der Waals surface area contributed by atoms with E-state index >= 15 is 0 Å². The van der Waals surface area contributed by atoms with Crippen LogP contribution in [0.2, 0.25) is 0 Å². The second kappa shape index (κ2) is 5.25. The summed E-state index contributed by atoms with van der Waals surface area (Å²) < 4.78 is 0.983. The minimum absolute atomic E-state index is 0.906. The van der Waals surface area contributed by atoms with E-state index in [1.807, 2.05) is 12.1 Å². The monoisotopic (exact) mass is 279 g/mol. The van der Waals surface area contributed by atoms with E-state index in [2.05, 4.69) is 38.1 Å². The van der Waals surface area contributed by atoms with E-state index in [1.54, 1.807) is 12.4 Å². The second-order valence-electron chi connectivity index (χ2n) is 3.66. The lowest BCUT2D eigenvalue weighted by Gasteiger charge is -2.07. The van der Waals surface area contributed by atoms with Gasteiger partial charge in [0.2, 0.25) is 0 Å². The molecule has 84 valence electrons. The molecule has 0 aliphatic heterocycles. The first-order valence-electron chi connectivity index (χ1n) is 5.45. The van der Waals surface area contributed by atoms with Crippen molar-refractivity contribution in [3.8, 4) is 0 Å². The van der Waals surface area contributed by atoms with Crippen LogP contribution in [-0.2, 0) is 0 Å². The minimum Gasteiger partial charge on any atom is -0.385 e. The largest absolute Gasteiger partial charge is 0.385 e. The number of aromatic nitrogens is 2. The Bertz CT molecular complexity index is 485. The highest BCUT2D eigenvalue weighted by Gasteiger charge is 2.03. The number of halogens is 1. The summed E-state index contributed by atoms with van der Waals surface area (Å²) in [4.78, 5) is 8.58. The predicted molar refractivity (Wildman–Crippen MR) is 70.6 cm³/mol. The van der Waals surface area contributed by atoms with Gasteiger partial charge in [-0.1, -0.05) is 13.3 Å². The molecule has 0 bridgehead atoms. The molecule has 1 aromatic heterocycles. The van der Waals surface area contributed by atoms with Crippen LogP contribution < -0.4 is 5.32 Å². The molecule has 2 rings (SSSR count). The molecule has 1 heterocycles. The summed E-state index contributed by atoms with van der Waals surface area (Å²) in [5, 5.41) is 3.38. The highest BCUT2D eigenvalue weighted by Crippen LogP contribution is 2.25. The topological polar surface area (TPSA) is 37.8 Å². The Balaban J connectivity index is 2.27. The van der Waals surface area contributed by atoms with Crippen molar-refractivity contribution < 1.29 is 0 Å². The quantitative estimate of drug-likeness (QED) is 0.869. The molecule has 1 aromatic carbocycles. The maximum absolute atomic E-state index is 4.30. The zero-order valence-electron chi connectivity index (χ0n) is 9.20. The van der Waals surface area contributed by atoms with Crippen LogP contribution in [0.1, 0.15) is 19.8 Å². The lowest BCUT2D eigenvalue weighted by Crippen LogP contribution is -2.01. The number of anilines is 1. The summed E-state index contributed by atoms with van der Waals surface area (Å²) in [6, 6.07) is 4.08. The van der Waals surface area contributed by atoms with Crippen LogP contribution in [0.15, 0.2) is 29.0 Å². The number of fused-ring (bicyclic) bond motifs is 1. The Kier molecular flexibility index (Phi) is 3.72. The van der Waals surface area contributed by atoms with Gasteiger partial charge in [-0.3, -0.25) is 9.97 Å². The molecule has 0 spiro atoms. The summed E-state index contributed by atoms with van der Waals surface area (Å²) in [7, 11) is 0. The molecule has 0 aliphatic rings. The molecule has 0 aliphatic carbocycles. The zero-order chi connectivity index (χ0) is 11.4. The lowest BCUT2D eigenvalue weighted by molar-refractivity contribution is 0.834. The van der Waals surface area contributed by atoms with E-state index in [0.717, 1.165) is 27.7 Å². The zero-order valence-corrected chi connectivity index (χ0v) is 10.8. The molecular weight excluding hydrogens is 266 g/mol. The van der Waals surface area contributed by atoms with Crippen LogP contribution in [0.25, 0.3) is 11.0 Å². The van der Waals surface area contributed by atoms with E-state index < -0.39 is 0 Å². The molecule has 4 heteroatoms. The van der Waals surface area contributed by atoms with Crippen molar-refractivity contribution in [2.75, 3.05) is 11.9 Å². The summed E-state index contributed by atoms with van der Waals surface area (Å²) in [6.45, 7) is 3.18. The molecular formula is C12H14BrN3. The van der Waals surface area contributed by atoms with Crippen molar-refractivity contribution in [2.45, 2.75) is 19.8 Å². The van der Waals surface area contributed by atoms with E-state index in [9.17, 15) is 0 Å². The van der Waals surface area contributed by atoms with Crippen molar-refractivity contribution in [3.63, 3.8) is 0 Å². The van der Waals surface area contributed by atoms with Crippen molar-refractivity contribution in [3.05, 3.63) is 29.0 Å². The fraction of sp³-hybridized carbons (Fsp3) is 0.333. The Morgan fingerprint density at radius 3 is 2.88 bits per heavy atom. The van der Waals surface area contributed by atoms with E-state index in [4.69, 9.17) is 0 Å². The molecule has 0 saturated heterocycles. The van der Waals surface area contributed by atoms with E-state index in [1.165, 1.54) is 12.8 Å². The van der Waals surface area contributed by atoms with Gasteiger partial charge >= 0.3 is 0 Å². The molecule has 16 heavy (non-hydrogen) atoms. The third-order valence-corrected chi connectivity index (χ3v) is 2.99. The van der Waals surface area contributed by atoms with Gasteiger partial charge in [-0.05, 0) is 34.5 Å². The van der Waals surface area contributed by atoms with Crippen LogP contribution in [0, 0.1) is 0 Å². The molecule has 0 saturated carbocycles. The number of hydrogen-bond acceptors (Lipinski definition) is 3.